The number of amides is 4. The summed E-state index contributed by atoms with van der Waals surface area (Å²) in [6.45, 7) is 5.55. The van der Waals surface area contributed by atoms with Crippen LogP contribution in [0.15, 0.2) is 18.2 Å². The van der Waals surface area contributed by atoms with Gasteiger partial charge in [0.25, 0.3) is 5.91 Å². The second-order valence-electron chi connectivity index (χ2n) is 7.44. The molecule has 2 fully saturated rings. The molecular weight excluding hydrogens is 384 g/mol. The number of imide groups is 1. The van der Waals surface area contributed by atoms with Gasteiger partial charge in [0.05, 0.1) is 12.1 Å². The van der Waals surface area contributed by atoms with Crippen LogP contribution >= 0.6 is 11.6 Å². The quantitative estimate of drug-likeness (QED) is 0.724. The summed E-state index contributed by atoms with van der Waals surface area (Å²) in [4.78, 5) is 39.9. The lowest BCUT2D eigenvalue weighted by Crippen LogP contribution is -2.54. The first kappa shape index (κ1) is 20.3. The molecule has 28 heavy (non-hydrogen) atoms. The normalized spacial score (nSPS) is 24.8. The van der Waals surface area contributed by atoms with Gasteiger partial charge in [-0.05, 0) is 32.4 Å². The molecule has 8 nitrogen and oxygen atoms in total. The Kier molecular flexibility index (Phi) is 5.69. The molecule has 0 aliphatic carbocycles. The molecule has 2 heterocycles. The number of rotatable bonds is 5. The minimum Gasteiger partial charge on any atom is -0.495 e. The number of carbonyl (C=O) groups is 3. The van der Waals surface area contributed by atoms with Gasteiger partial charge in [0.2, 0.25) is 5.91 Å². The number of halogens is 1. The Labute approximate surface area is 169 Å². The number of hydrogen-bond acceptors (Lipinski definition) is 5. The highest BCUT2D eigenvalue weighted by molar-refractivity contribution is 6.32. The first-order valence-electron chi connectivity index (χ1n) is 9.25. The molecule has 2 aliphatic rings. The predicted molar refractivity (Wildman–Crippen MR) is 106 cm³/mol. The van der Waals surface area contributed by atoms with E-state index in [0.717, 1.165) is 5.69 Å². The van der Waals surface area contributed by atoms with Crippen molar-refractivity contribution in [3.05, 3.63) is 23.2 Å². The first-order valence-corrected chi connectivity index (χ1v) is 9.63. The monoisotopic (exact) mass is 408 g/mol. The van der Waals surface area contributed by atoms with Crippen LogP contribution in [0.4, 0.5) is 10.5 Å². The van der Waals surface area contributed by atoms with E-state index >= 15 is 0 Å². The summed E-state index contributed by atoms with van der Waals surface area (Å²) in [5.41, 5.74) is -0.0289. The van der Waals surface area contributed by atoms with E-state index < -0.39 is 11.6 Å². The van der Waals surface area contributed by atoms with Crippen LogP contribution in [0, 0.1) is 0 Å². The Bertz CT molecular complexity index is 802. The lowest BCUT2D eigenvalue weighted by Gasteiger charge is -2.41. The zero-order chi connectivity index (χ0) is 20.5. The van der Waals surface area contributed by atoms with E-state index in [4.69, 9.17) is 16.3 Å². The second kappa shape index (κ2) is 7.87. The summed E-state index contributed by atoms with van der Waals surface area (Å²) in [5.74, 6) is 0.213. The molecule has 2 saturated heterocycles. The number of carbonyl (C=O) groups excluding carboxylic acids is 3. The van der Waals surface area contributed by atoms with E-state index in [1.54, 1.807) is 14.0 Å². The molecule has 0 saturated carbocycles. The lowest BCUT2D eigenvalue weighted by atomic mass is 9.95. The molecular formula is C19H25ClN4O4. The number of nitrogens with one attached hydrogen (secondary N) is 2. The maximum atomic E-state index is 12.6. The third-order valence-corrected chi connectivity index (χ3v) is 5.72. The lowest BCUT2D eigenvalue weighted by molar-refractivity contribution is -0.132. The van der Waals surface area contributed by atoms with Crippen LogP contribution in [0.2, 0.25) is 5.02 Å². The van der Waals surface area contributed by atoms with E-state index in [0.29, 0.717) is 30.4 Å². The van der Waals surface area contributed by atoms with Gasteiger partial charge in [0, 0.05) is 43.9 Å². The van der Waals surface area contributed by atoms with Gasteiger partial charge in [-0.1, -0.05) is 11.6 Å². The van der Waals surface area contributed by atoms with Crippen molar-refractivity contribution in [3.63, 3.8) is 0 Å². The highest BCUT2D eigenvalue weighted by Gasteiger charge is 2.42. The predicted octanol–water partition coefficient (Wildman–Crippen LogP) is 1.76. The minimum atomic E-state index is -1.03. The van der Waals surface area contributed by atoms with Crippen molar-refractivity contribution in [3.8, 4) is 5.75 Å². The number of ether oxygens (including phenoxy) is 1. The minimum absolute atomic E-state index is 0.0182. The standard InChI is InChI=1S/C19H25ClN4O4/c1-12-11-23(16(25)6-7-19(2)17(26)21-18(27)22-19)8-9-24(12)13-4-5-14(20)15(10-13)28-3/h4-5,10,12H,6-9,11H2,1-3H3,(H2,21,22,26,27)/t12-,19-/m0/s1. The molecule has 152 valence electrons. The van der Waals surface area contributed by atoms with Crippen molar-refractivity contribution in [1.29, 1.82) is 0 Å². The summed E-state index contributed by atoms with van der Waals surface area (Å²) in [6, 6.07) is 5.26. The van der Waals surface area contributed by atoms with Gasteiger partial charge >= 0.3 is 6.03 Å². The largest absolute Gasteiger partial charge is 0.495 e. The zero-order valence-corrected chi connectivity index (χ0v) is 17.0. The number of urea groups is 1. The molecule has 2 atom stereocenters. The van der Waals surface area contributed by atoms with Gasteiger partial charge < -0.3 is 19.9 Å². The van der Waals surface area contributed by atoms with Crippen molar-refractivity contribution in [2.75, 3.05) is 31.6 Å². The van der Waals surface area contributed by atoms with E-state index in [-0.39, 0.29) is 30.7 Å². The summed E-state index contributed by atoms with van der Waals surface area (Å²) in [7, 11) is 1.58. The average molecular weight is 409 g/mol. The number of piperazine rings is 1. The topological polar surface area (TPSA) is 91.0 Å². The van der Waals surface area contributed by atoms with Gasteiger partial charge in [-0.15, -0.1) is 0 Å². The Balaban J connectivity index is 1.58. The Morgan fingerprint density at radius 3 is 2.71 bits per heavy atom. The number of benzene rings is 1. The molecule has 2 aliphatic heterocycles. The molecule has 9 heteroatoms. The van der Waals surface area contributed by atoms with Crippen LogP contribution in [0.3, 0.4) is 0 Å². The van der Waals surface area contributed by atoms with Crippen LogP contribution in [0.1, 0.15) is 26.7 Å². The second-order valence-corrected chi connectivity index (χ2v) is 7.85. The molecule has 0 unspecified atom stereocenters. The fourth-order valence-corrected chi connectivity index (χ4v) is 3.86. The van der Waals surface area contributed by atoms with E-state index in [2.05, 4.69) is 22.5 Å². The number of methoxy groups -OCH3 is 1. The molecule has 2 N–H and O–H groups in total. The summed E-state index contributed by atoms with van der Waals surface area (Å²) in [5, 5.41) is 5.36. The smallest absolute Gasteiger partial charge is 0.322 e. The number of nitrogens with zero attached hydrogens (tertiary/aromatic N) is 2. The zero-order valence-electron chi connectivity index (χ0n) is 16.3. The van der Waals surface area contributed by atoms with Crippen molar-refractivity contribution in [1.82, 2.24) is 15.5 Å². The SMILES string of the molecule is COc1cc(N2CCN(C(=O)CC[C@]3(C)NC(=O)NC3=O)C[C@@H]2C)ccc1Cl. The molecule has 0 bridgehead atoms. The first-order chi connectivity index (χ1) is 13.2. The summed E-state index contributed by atoms with van der Waals surface area (Å²) in [6.07, 6.45) is 0.470. The fourth-order valence-electron chi connectivity index (χ4n) is 3.67. The Hall–Kier alpha value is -2.48. The molecule has 3 rings (SSSR count). The molecule has 1 aromatic carbocycles. The summed E-state index contributed by atoms with van der Waals surface area (Å²) < 4.78 is 5.29. The van der Waals surface area contributed by atoms with Gasteiger partial charge in [-0.2, -0.15) is 0 Å². The fraction of sp³-hybridized carbons (Fsp3) is 0.526. The van der Waals surface area contributed by atoms with Crippen LogP contribution in [-0.2, 0) is 9.59 Å². The maximum Gasteiger partial charge on any atom is 0.322 e. The van der Waals surface area contributed by atoms with Crippen LogP contribution < -0.4 is 20.3 Å². The van der Waals surface area contributed by atoms with Gasteiger partial charge in [-0.3, -0.25) is 14.9 Å². The molecule has 0 spiro atoms. The third kappa shape index (κ3) is 4.01. The van der Waals surface area contributed by atoms with E-state index in [9.17, 15) is 14.4 Å². The van der Waals surface area contributed by atoms with E-state index in [1.165, 1.54) is 0 Å². The molecule has 1 aromatic rings. The van der Waals surface area contributed by atoms with Crippen molar-refractivity contribution >= 4 is 35.1 Å². The van der Waals surface area contributed by atoms with E-state index in [1.807, 2.05) is 23.1 Å². The molecule has 4 amide bonds. The van der Waals surface area contributed by atoms with Crippen LogP contribution in [-0.4, -0.2) is 61.1 Å². The molecule has 0 aromatic heterocycles. The van der Waals surface area contributed by atoms with Gasteiger partial charge in [0.1, 0.15) is 11.3 Å². The Morgan fingerprint density at radius 1 is 1.36 bits per heavy atom. The highest BCUT2D eigenvalue weighted by atomic mass is 35.5. The molecule has 0 radical (unpaired) electrons. The maximum absolute atomic E-state index is 12.6. The van der Waals surface area contributed by atoms with Crippen LogP contribution in [0.25, 0.3) is 0 Å². The van der Waals surface area contributed by atoms with Crippen molar-refractivity contribution < 1.29 is 19.1 Å². The highest BCUT2D eigenvalue weighted by Crippen LogP contribution is 2.31. The van der Waals surface area contributed by atoms with Crippen LogP contribution in [0.5, 0.6) is 5.75 Å². The van der Waals surface area contributed by atoms with Crippen molar-refractivity contribution in [2.24, 2.45) is 0 Å². The average Bonchev–Trinajstić information content (AvgIpc) is 2.92. The van der Waals surface area contributed by atoms with Gasteiger partial charge in [-0.25, -0.2) is 4.79 Å². The van der Waals surface area contributed by atoms with Crippen molar-refractivity contribution in [2.45, 2.75) is 38.3 Å². The Morgan fingerprint density at radius 2 is 2.11 bits per heavy atom. The van der Waals surface area contributed by atoms with Gasteiger partial charge in [0.15, 0.2) is 0 Å². The summed E-state index contributed by atoms with van der Waals surface area (Å²) >= 11 is 6.10. The number of hydrogen-bond donors (Lipinski definition) is 2. The number of anilines is 1. The third-order valence-electron chi connectivity index (χ3n) is 5.40.